The van der Waals surface area contributed by atoms with Crippen LogP contribution in [0.2, 0.25) is 0 Å². The monoisotopic (exact) mass is 275 g/mol. The van der Waals surface area contributed by atoms with Crippen LogP contribution in [0.25, 0.3) is 0 Å². The van der Waals surface area contributed by atoms with Gasteiger partial charge in [0.2, 0.25) is 0 Å². The average Bonchev–Trinajstić information content (AvgIpc) is 2.40. The molecule has 0 N–H and O–H groups in total. The zero-order valence-corrected chi connectivity index (χ0v) is 12.0. The highest BCUT2D eigenvalue weighted by atomic mass is 19.3. The molecule has 0 unspecified atom stereocenters. The van der Waals surface area contributed by atoms with Crippen LogP contribution >= 0.6 is 0 Å². The summed E-state index contributed by atoms with van der Waals surface area (Å²) >= 11 is 0. The molecule has 19 heavy (non-hydrogen) atoms. The normalized spacial score (nSPS) is 30.9. The molecule has 0 atom stereocenters. The average molecular weight is 275 g/mol. The van der Waals surface area contributed by atoms with Crippen LogP contribution in [0.4, 0.5) is 8.78 Å². The maximum atomic E-state index is 12.0. The van der Waals surface area contributed by atoms with Gasteiger partial charge in [0.05, 0.1) is 0 Å². The van der Waals surface area contributed by atoms with Gasteiger partial charge in [0.1, 0.15) is 6.61 Å². The van der Waals surface area contributed by atoms with Gasteiger partial charge < -0.3 is 9.64 Å². The first-order valence-corrected chi connectivity index (χ1v) is 7.75. The summed E-state index contributed by atoms with van der Waals surface area (Å²) in [7, 11) is 0. The second kappa shape index (κ2) is 7.53. The lowest BCUT2D eigenvalue weighted by atomic mass is 9.84. The van der Waals surface area contributed by atoms with E-state index in [4.69, 9.17) is 4.74 Å². The van der Waals surface area contributed by atoms with Gasteiger partial charge in [0.25, 0.3) is 6.43 Å². The molecule has 1 heterocycles. The van der Waals surface area contributed by atoms with Gasteiger partial charge in [-0.1, -0.05) is 6.92 Å². The molecule has 0 amide bonds. The Morgan fingerprint density at radius 2 is 1.68 bits per heavy atom. The molecule has 0 aromatic heterocycles. The molecule has 1 saturated carbocycles. The van der Waals surface area contributed by atoms with Crippen LogP contribution in [0, 0.1) is 11.8 Å². The zero-order chi connectivity index (χ0) is 13.7. The van der Waals surface area contributed by atoms with Crippen molar-refractivity contribution in [1.29, 1.82) is 0 Å². The van der Waals surface area contributed by atoms with Gasteiger partial charge in [-0.05, 0) is 63.5 Å². The quantitative estimate of drug-likeness (QED) is 0.760. The minimum absolute atomic E-state index is 0.399. The maximum absolute atomic E-state index is 12.0. The fourth-order valence-corrected chi connectivity index (χ4v) is 3.39. The van der Waals surface area contributed by atoms with Crippen LogP contribution in [0.1, 0.15) is 45.4 Å². The molecular weight excluding hydrogens is 248 g/mol. The standard InChI is InChI=1S/C15H27F2NO/c1-12-6-8-18(9-7-12)14-4-2-13(3-5-14)10-19-11-15(16)17/h12-15H,2-11H2,1H3. The Morgan fingerprint density at radius 1 is 1.05 bits per heavy atom. The van der Waals surface area contributed by atoms with E-state index in [1.807, 2.05) is 0 Å². The lowest BCUT2D eigenvalue weighted by Crippen LogP contribution is -2.43. The second-order valence-corrected chi connectivity index (χ2v) is 6.32. The van der Waals surface area contributed by atoms with E-state index in [0.717, 1.165) is 24.8 Å². The number of rotatable bonds is 5. The van der Waals surface area contributed by atoms with E-state index >= 15 is 0 Å². The highest BCUT2D eigenvalue weighted by Gasteiger charge is 2.28. The molecule has 0 spiro atoms. The van der Waals surface area contributed by atoms with Crippen LogP contribution in [-0.2, 0) is 4.74 Å². The van der Waals surface area contributed by atoms with Crippen molar-refractivity contribution in [3.05, 3.63) is 0 Å². The Bertz CT molecular complexity index is 247. The lowest BCUT2D eigenvalue weighted by Gasteiger charge is -2.40. The summed E-state index contributed by atoms with van der Waals surface area (Å²) in [6.45, 7) is 4.96. The van der Waals surface area contributed by atoms with Gasteiger partial charge in [0, 0.05) is 12.6 Å². The first-order valence-electron chi connectivity index (χ1n) is 7.75. The molecule has 0 aromatic carbocycles. The summed E-state index contributed by atoms with van der Waals surface area (Å²) in [6.07, 6.45) is 5.05. The number of alkyl halides is 2. The summed E-state index contributed by atoms with van der Waals surface area (Å²) in [5, 5.41) is 0. The van der Waals surface area contributed by atoms with E-state index in [9.17, 15) is 8.78 Å². The molecule has 2 nitrogen and oxygen atoms in total. The van der Waals surface area contributed by atoms with E-state index in [0.29, 0.717) is 12.5 Å². The summed E-state index contributed by atoms with van der Waals surface area (Å²) in [5.74, 6) is 1.38. The highest BCUT2D eigenvalue weighted by molar-refractivity contribution is 4.82. The first kappa shape index (κ1) is 15.2. The SMILES string of the molecule is CC1CCN(C2CCC(COCC(F)F)CC2)CC1. The lowest BCUT2D eigenvalue weighted by molar-refractivity contribution is -0.00642. The van der Waals surface area contributed by atoms with Crippen molar-refractivity contribution in [2.75, 3.05) is 26.3 Å². The minimum atomic E-state index is -2.33. The molecular formula is C15H27F2NO. The van der Waals surface area contributed by atoms with E-state index in [-0.39, 0.29) is 0 Å². The van der Waals surface area contributed by atoms with Crippen LogP contribution in [0.3, 0.4) is 0 Å². The third kappa shape index (κ3) is 4.99. The summed E-state index contributed by atoms with van der Waals surface area (Å²) in [6, 6.07) is 0.735. The number of hydrogen-bond acceptors (Lipinski definition) is 2. The predicted octanol–water partition coefficient (Wildman–Crippen LogP) is 3.56. The van der Waals surface area contributed by atoms with Gasteiger partial charge in [0.15, 0.2) is 0 Å². The summed E-state index contributed by atoms with van der Waals surface area (Å²) < 4.78 is 29.1. The van der Waals surface area contributed by atoms with Gasteiger partial charge in [-0.2, -0.15) is 0 Å². The highest BCUT2D eigenvalue weighted by Crippen LogP contribution is 2.30. The molecule has 1 aliphatic carbocycles. The first-order chi connectivity index (χ1) is 9.15. The minimum Gasteiger partial charge on any atom is -0.375 e. The Hall–Kier alpha value is -0.220. The topological polar surface area (TPSA) is 12.5 Å². The molecule has 4 heteroatoms. The Morgan fingerprint density at radius 3 is 2.26 bits per heavy atom. The Kier molecular flexibility index (Phi) is 6.02. The third-order valence-corrected chi connectivity index (χ3v) is 4.75. The molecule has 2 aliphatic rings. The number of ether oxygens (including phenoxy) is 1. The molecule has 0 bridgehead atoms. The molecule has 1 saturated heterocycles. The molecule has 2 fully saturated rings. The number of halogens is 2. The molecule has 1 aliphatic heterocycles. The molecule has 0 aromatic rings. The number of nitrogens with zero attached hydrogens (tertiary/aromatic N) is 1. The van der Waals surface area contributed by atoms with Crippen molar-refractivity contribution in [3.63, 3.8) is 0 Å². The van der Waals surface area contributed by atoms with Crippen molar-refractivity contribution in [1.82, 2.24) is 4.90 Å². The second-order valence-electron chi connectivity index (χ2n) is 6.32. The van der Waals surface area contributed by atoms with E-state index in [1.165, 1.54) is 38.8 Å². The van der Waals surface area contributed by atoms with Crippen LogP contribution < -0.4 is 0 Å². The van der Waals surface area contributed by atoms with Gasteiger partial charge in [-0.25, -0.2) is 8.78 Å². The maximum Gasteiger partial charge on any atom is 0.261 e. The van der Waals surface area contributed by atoms with Gasteiger partial charge in [-0.3, -0.25) is 0 Å². The van der Waals surface area contributed by atoms with E-state index in [1.54, 1.807) is 0 Å². The molecule has 0 radical (unpaired) electrons. The number of hydrogen-bond donors (Lipinski definition) is 0. The number of piperidine rings is 1. The summed E-state index contributed by atoms with van der Waals surface area (Å²) in [4.78, 5) is 2.65. The van der Waals surface area contributed by atoms with Crippen molar-refractivity contribution >= 4 is 0 Å². The van der Waals surface area contributed by atoms with Crippen LogP contribution in [0.5, 0.6) is 0 Å². The zero-order valence-electron chi connectivity index (χ0n) is 12.0. The number of likely N-dealkylation sites (tertiary alicyclic amines) is 1. The predicted molar refractivity (Wildman–Crippen MR) is 72.5 cm³/mol. The fraction of sp³-hybridized carbons (Fsp3) is 1.00. The fourth-order valence-electron chi connectivity index (χ4n) is 3.39. The van der Waals surface area contributed by atoms with Crippen molar-refractivity contribution in [2.24, 2.45) is 11.8 Å². The van der Waals surface area contributed by atoms with E-state index in [2.05, 4.69) is 11.8 Å². The molecule has 112 valence electrons. The molecule has 2 rings (SSSR count). The van der Waals surface area contributed by atoms with Crippen LogP contribution in [0.15, 0.2) is 0 Å². The third-order valence-electron chi connectivity index (χ3n) is 4.75. The van der Waals surface area contributed by atoms with Gasteiger partial charge >= 0.3 is 0 Å². The van der Waals surface area contributed by atoms with Crippen molar-refractivity contribution < 1.29 is 13.5 Å². The Balaban J connectivity index is 1.62. The van der Waals surface area contributed by atoms with Crippen molar-refractivity contribution in [2.45, 2.75) is 57.9 Å². The van der Waals surface area contributed by atoms with E-state index < -0.39 is 13.0 Å². The van der Waals surface area contributed by atoms with Gasteiger partial charge in [-0.15, -0.1) is 0 Å². The van der Waals surface area contributed by atoms with Crippen LogP contribution in [-0.4, -0.2) is 43.7 Å². The Labute approximate surface area is 115 Å². The van der Waals surface area contributed by atoms with Crippen molar-refractivity contribution in [3.8, 4) is 0 Å². The smallest absolute Gasteiger partial charge is 0.261 e. The summed E-state index contributed by atoms with van der Waals surface area (Å²) in [5.41, 5.74) is 0. The largest absolute Gasteiger partial charge is 0.375 e.